The number of carbonyl (C=O) groups is 1. The minimum atomic E-state index is -3.60. The third-order valence-electron chi connectivity index (χ3n) is 4.94. The summed E-state index contributed by atoms with van der Waals surface area (Å²) in [6, 6.07) is 8.86. The van der Waals surface area contributed by atoms with Crippen molar-refractivity contribution in [2.24, 2.45) is 0 Å². The highest BCUT2D eigenvalue weighted by atomic mass is 79.9. The summed E-state index contributed by atoms with van der Waals surface area (Å²) in [5.74, 6) is 1.97. The van der Waals surface area contributed by atoms with Gasteiger partial charge in [0.25, 0.3) is 0 Å². The van der Waals surface area contributed by atoms with Crippen LogP contribution in [-0.2, 0) is 23.1 Å². The molecule has 0 saturated carbocycles. The summed E-state index contributed by atoms with van der Waals surface area (Å²) in [7, 11) is 0.486. The molecule has 0 fully saturated rings. The number of amides is 1. The van der Waals surface area contributed by atoms with Gasteiger partial charge in [-0.2, -0.15) is 0 Å². The van der Waals surface area contributed by atoms with Crippen LogP contribution in [0, 0.1) is 0 Å². The number of hydrogen-bond acceptors (Lipinski definition) is 8. The van der Waals surface area contributed by atoms with Crippen LogP contribution in [0.1, 0.15) is 46.1 Å². The molecule has 0 N–H and O–H groups in total. The van der Waals surface area contributed by atoms with Crippen LogP contribution in [0.4, 0.5) is 10.5 Å². The molecule has 0 aliphatic rings. The van der Waals surface area contributed by atoms with Crippen molar-refractivity contribution in [2.75, 3.05) is 39.3 Å². The molecule has 12 heteroatoms. The van der Waals surface area contributed by atoms with Gasteiger partial charge >= 0.3 is 13.7 Å². The van der Waals surface area contributed by atoms with Gasteiger partial charge in [0.1, 0.15) is 23.4 Å². The Kier molecular flexibility index (Phi) is 11.5. The molecule has 0 radical (unpaired) electrons. The largest absolute Gasteiger partial charge is 0.467 e. The molecule has 0 aliphatic carbocycles. The molecule has 0 saturated heterocycles. The predicted molar refractivity (Wildman–Crippen MR) is 150 cm³/mol. The molecular formula is C25H34Br2NO8P. The molecule has 0 aromatic heterocycles. The van der Waals surface area contributed by atoms with Gasteiger partial charge in [-0.15, -0.1) is 0 Å². The van der Waals surface area contributed by atoms with E-state index in [4.69, 9.17) is 28.0 Å². The fourth-order valence-electron chi connectivity index (χ4n) is 3.14. The van der Waals surface area contributed by atoms with Crippen molar-refractivity contribution in [2.45, 2.75) is 46.1 Å². The fraction of sp³-hybridized carbons (Fsp3) is 0.480. The lowest BCUT2D eigenvalue weighted by molar-refractivity contribution is 0.0502. The van der Waals surface area contributed by atoms with Crippen LogP contribution in [0.2, 0.25) is 0 Å². The summed E-state index contributed by atoms with van der Waals surface area (Å²) < 4.78 is 46.5. The Hall–Kier alpha value is -1.62. The van der Waals surface area contributed by atoms with Gasteiger partial charge in [0.15, 0.2) is 12.5 Å². The molecule has 0 aliphatic heterocycles. The Morgan fingerprint density at radius 1 is 1.03 bits per heavy atom. The van der Waals surface area contributed by atoms with Crippen molar-refractivity contribution >= 4 is 51.2 Å². The molecule has 0 unspecified atom stereocenters. The Labute approximate surface area is 235 Å². The van der Waals surface area contributed by atoms with E-state index in [0.717, 1.165) is 5.56 Å². The minimum absolute atomic E-state index is 0.145. The predicted octanol–water partition coefficient (Wildman–Crippen LogP) is 8.29. The first-order valence-electron chi connectivity index (χ1n) is 11.4. The molecule has 206 valence electrons. The Bertz CT molecular complexity index is 1110. The van der Waals surface area contributed by atoms with Crippen molar-refractivity contribution in [3.63, 3.8) is 0 Å². The fourth-order valence-corrected chi connectivity index (χ4v) is 5.47. The van der Waals surface area contributed by atoms with Gasteiger partial charge in [-0.3, -0.25) is 9.46 Å². The maximum Gasteiger partial charge on any atom is 0.415 e. The lowest BCUT2D eigenvalue weighted by Crippen LogP contribution is -2.37. The van der Waals surface area contributed by atoms with Crippen molar-refractivity contribution in [1.29, 1.82) is 0 Å². The van der Waals surface area contributed by atoms with Crippen molar-refractivity contribution in [3.05, 3.63) is 44.8 Å². The number of hydrogen-bond donors (Lipinski definition) is 0. The monoisotopic (exact) mass is 665 g/mol. The molecule has 2 aromatic carbocycles. The van der Waals surface area contributed by atoms with E-state index >= 15 is 0 Å². The second-order valence-electron chi connectivity index (χ2n) is 9.27. The van der Waals surface area contributed by atoms with Crippen molar-refractivity contribution in [3.8, 4) is 17.2 Å². The van der Waals surface area contributed by atoms with Gasteiger partial charge in [-0.05, 0) is 88.9 Å². The first-order chi connectivity index (χ1) is 17.2. The second kappa shape index (κ2) is 13.4. The maximum absolute atomic E-state index is 13.1. The van der Waals surface area contributed by atoms with E-state index in [0.29, 0.717) is 31.9 Å². The molecule has 0 spiro atoms. The molecule has 2 rings (SSSR count). The van der Waals surface area contributed by atoms with Gasteiger partial charge in [0.05, 0.1) is 14.6 Å². The van der Waals surface area contributed by atoms with Crippen LogP contribution in [0.15, 0.2) is 39.3 Å². The Balaban J connectivity index is 2.45. The number of rotatable bonds is 11. The summed E-state index contributed by atoms with van der Waals surface area (Å²) >= 11 is 7.08. The number of methoxy groups -OCH3 is 1. The highest BCUT2D eigenvalue weighted by Gasteiger charge is 2.33. The molecule has 9 nitrogen and oxygen atoms in total. The zero-order chi connectivity index (χ0) is 28.0. The van der Waals surface area contributed by atoms with Crippen LogP contribution in [0.5, 0.6) is 17.2 Å². The summed E-state index contributed by atoms with van der Waals surface area (Å²) in [5, 5.41) is 0. The van der Waals surface area contributed by atoms with Gasteiger partial charge in [0.2, 0.25) is 0 Å². The van der Waals surface area contributed by atoms with E-state index in [1.807, 2.05) is 12.1 Å². The molecule has 0 atom stereocenters. The molecule has 0 bridgehead atoms. The summed E-state index contributed by atoms with van der Waals surface area (Å²) in [4.78, 5) is 14.3. The number of anilines is 1. The molecule has 2 aromatic rings. The smallest absolute Gasteiger partial charge is 0.415 e. The minimum Gasteiger partial charge on any atom is -0.467 e. The number of carbonyl (C=O) groups excluding carboxylic acids is 1. The standard InChI is InChI=1S/C25H34Br2NO8P/c1-16(2)19-13-18(9-10-22(19)34-15-31-6)35-23-20(26)11-17(12-21(23)27)28(14-37(30,32-7)33-8)24(29)36-25(3,4)5/h9-13,16H,14-15H2,1-8H3. The first kappa shape index (κ1) is 31.6. The van der Waals surface area contributed by atoms with E-state index in [-0.39, 0.29) is 19.0 Å². The van der Waals surface area contributed by atoms with E-state index in [1.165, 1.54) is 19.1 Å². The molecule has 1 amide bonds. The van der Waals surface area contributed by atoms with Crippen LogP contribution < -0.4 is 14.4 Å². The topological polar surface area (TPSA) is 92.8 Å². The molecule has 37 heavy (non-hydrogen) atoms. The van der Waals surface area contributed by atoms with E-state index in [2.05, 4.69) is 45.7 Å². The molecule has 0 heterocycles. The van der Waals surface area contributed by atoms with Crippen molar-refractivity contribution in [1.82, 2.24) is 0 Å². The van der Waals surface area contributed by atoms with Crippen LogP contribution in [0.3, 0.4) is 0 Å². The summed E-state index contributed by atoms with van der Waals surface area (Å²) in [5.41, 5.74) is 0.579. The highest BCUT2D eigenvalue weighted by molar-refractivity contribution is 9.11. The van der Waals surface area contributed by atoms with Gasteiger partial charge < -0.3 is 28.0 Å². The number of halogens is 2. The van der Waals surface area contributed by atoms with Crippen LogP contribution in [0.25, 0.3) is 0 Å². The number of nitrogens with zero attached hydrogens (tertiary/aromatic N) is 1. The first-order valence-corrected chi connectivity index (χ1v) is 14.7. The van der Waals surface area contributed by atoms with E-state index < -0.39 is 19.3 Å². The lowest BCUT2D eigenvalue weighted by atomic mass is 10.0. The normalized spacial score (nSPS) is 12.0. The summed E-state index contributed by atoms with van der Waals surface area (Å²) in [6.45, 7) is 9.50. The third-order valence-corrected chi connectivity index (χ3v) is 7.86. The quantitative estimate of drug-likeness (QED) is 0.175. The van der Waals surface area contributed by atoms with Crippen molar-refractivity contribution < 1.29 is 37.4 Å². The second-order valence-corrected chi connectivity index (χ2v) is 13.2. The average molecular weight is 667 g/mol. The lowest BCUT2D eigenvalue weighted by Gasteiger charge is -2.29. The van der Waals surface area contributed by atoms with Crippen LogP contribution >= 0.6 is 39.5 Å². The average Bonchev–Trinajstić information content (AvgIpc) is 2.82. The Morgan fingerprint density at radius 3 is 2.11 bits per heavy atom. The Morgan fingerprint density at radius 2 is 1.62 bits per heavy atom. The van der Waals surface area contributed by atoms with E-state index in [9.17, 15) is 9.36 Å². The van der Waals surface area contributed by atoms with E-state index in [1.54, 1.807) is 46.1 Å². The summed E-state index contributed by atoms with van der Waals surface area (Å²) in [6.07, 6.45) is -1.06. The highest BCUT2D eigenvalue weighted by Crippen LogP contribution is 2.49. The van der Waals surface area contributed by atoms with Gasteiger partial charge in [-0.25, -0.2) is 4.79 Å². The zero-order valence-electron chi connectivity index (χ0n) is 22.3. The number of benzene rings is 2. The maximum atomic E-state index is 13.1. The molecular weight excluding hydrogens is 633 g/mol. The van der Waals surface area contributed by atoms with Gasteiger partial charge in [0, 0.05) is 26.9 Å². The SMILES string of the molecule is COCOc1ccc(Oc2c(Br)cc(N(CP(=O)(OC)OC)C(=O)OC(C)(C)C)cc2Br)cc1C(C)C. The zero-order valence-corrected chi connectivity index (χ0v) is 26.4. The van der Waals surface area contributed by atoms with Crippen LogP contribution in [-0.4, -0.2) is 46.1 Å². The van der Waals surface area contributed by atoms with Gasteiger partial charge in [-0.1, -0.05) is 13.8 Å². The third kappa shape index (κ3) is 8.97. The number of ether oxygens (including phenoxy) is 4.